The van der Waals surface area contributed by atoms with Crippen LogP contribution in [0, 0.1) is 0 Å². The molecule has 0 bridgehead atoms. The van der Waals surface area contributed by atoms with Crippen molar-refractivity contribution in [1.82, 2.24) is 24.7 Å². The van der Waals surface area contributed by atoms with Crippen LogP contribution in [-0.2, 0) is 24.8 Å². The van der Waals surface area contributed by atoms with Gasteiger partial charge in [0.25, 0.3) is 0 Å². The molecule has 1 aromatic carbocycles. The van der Waals surface area contributed by atoms with Gasteiger partial charge in [0, 0.05) is 60.3 Å². The van der Waals surface area contributed by atoms with Gasteiger partial charge in [-0.3, -0.25) is 0 Å². The summed E-state index contributed by atoms with van der Waals surface area (Å²) in [6, 6.07) is 9.04. The van der Waals surface area contributed by atoms with Gasteiger partial charge in [-0.2, -0.15) is 5.10 Å². The summed E-state index contributed by atoms with van der Waals surface area (Å²) in [5.74, 6) is 1.39. The number of hydrogen-bond donors (Lipinski definition) is 1. The fraction of sp³-hybridized carbons (Fsp3) is 0.387. The number of aromatic amines is 1. The molecular formula is C31H34N6. The Bertz CT molecular complexity index is 1550. The van der Waals surface area contributed by atoms with E-state index in [1.807, 2.05) is 12.4 Å². The molecule has 0 fully saturated rings. The number of rotatable bonds is 3. The Labute approximate surface area is 218 Å². The van der Waals surface area contributed by atoms with Gasteiger partial charge in [0.05, 0.1) is 23.0 Å². The molecule has 5 heterocycles. The Kier molecular flexibility index (Phi) is 4.82. The van der Waals surface area contributed by atoms with Crippen LogP contribution in [0.2, 0.25) is 0 Å². The van der Waals surface area contributed by atoms with E-state index in [1.54, 1.807) is 0 Å². The fourth-order valence-corrected chi connectivity index (χ4v) is 6.60. The second kappa shape index (κ2) is 7.91. The maximum absolute atomic E-state index is 5.30. The molecule has 0 saturated heterocycles. The molecule has 1 atom stereocenters. The molecule has 188 valence electrons. The molecule has 1 N–H and O–H groups in total. The highest BCUT2D eigenvalue weighted by Gasteiger charge is 2.43. The van der Waals surface area contributed by atoms with E-state index in [1.165, 1.54) is 56.2 Å². The summed E-state index contributed by atoms with van der Waals surface area (Å²) in [6.45, 7) is 12.9. The number of aryl methyl sites for hydroxylation is 1. The van der Waals surface area contributed by atoms with Gasteiger partial charge in [-0.1, -0.05) is 58.9 Å². The minimum Gasteiger partial charge on any atom is -0.364 e. The van der Waals surface area contributed by atoms with Crippen LogP contribution in [0.1, 0.15) is 91.4 Å². The van der Waals surface area contributed by atoms with E-state index in [9.17, 15) is 0 Å². The monoisotopic (exact) mass is 490 g/mol. The average Bonchev–Trinajstić information content (AvgIpc) is 3.54. The Morgan fingerprint density at radius 2 is 1.95 bits per heavy atom. The maximum atomic E-state index is 5.30. The van der Waals surface area contributed by atoms with Crippen molar-refractivity contribution in [2.24, 2.45) is 0 Å². The minimum atomic E-state index is -0.0650. The van der Waals surface area contributed by atoms with Crippen molar-refractivity contribution in [3.8, 4) is 5.69 Å². The third-order valence-electron chi connectivity index (χ3n) is 8.54. The molecule has 3 aliphatic rings. The van der Waals surface area contributed by atoms with Crippen LogP contribution < -0.4 is 4.90 Å². The molecule has 37 heavy (non-hydrogen) atoms. The minimum absolute atomic E-state index is 0.0650. The number of fused-ring (bicyclic) bond motifs is 10. The largest absolute Gasteiger partial charge is 0.364 e. The van der Waals surface area contributed by atoms with Gasteiger partial charge in [0.1, 0.15) is 0 Å². The van der Waals surface area contributed by atoms with Crippen molar-refractivity contribution in [3.63, 3.8) is 0 Å². The molecule has 0 radical (unpaired) electrons. The van der Waals surface area contributed by atoms with Crippen LogP contribution in [0.4, 0.5) is 5.95 Å². The zero-order chi connectivity index (χ0) is 25.5. The fourth-order valence-electron chi connectivity index (χ4n) is 6.60. The maximum Gasteiger partial charge on any atom is 0.225 e. The van der Waals surface area contributed by atoms with Crippen molar-refractivity contribution in [3.05, 3.63) is 93.8 Å². The first-order valence-electron chi connectivity index (χ1n) is 13.6. The molecule has 6 heteroatoms. The van der Waals surface area contributed by atoms with E-state index in [-0.39, 0.29) is 11.3 Å². The van der Waals surface area contributed by atoms with E-state index in [4.69, 9.17) is 15.1 Å². The zero-order valence-corrected chi connectivity index (χ0v) is 22.3. The molecule has 1 aliphatic carbocycles. The molecule has 6 nitrogen and oxygen atoms in total. The first-order valence-corrected chi connectivity index (χ1v) is 13.6. The predicted octanol–water partition coefficient (Wildman–Crippen LogP) is 6.06. The van der Waals surface area contributed by atoms with E-state index >= 15 is 0 Å². The summed E-state index contributed by atoms with van der Waals surface area (Å²) < 4.78 is 2.29. The number of benzene rings is 1. The summed E-state index contributed by atoms with van der Waals surface area (Å²) in [7, 11) is 0. The van der Waals surface area contributed by atoms with Gasteiger partial charge in [0.15, 0.2) is 0 Å². The summed E-state index contributed by atoms with van der Waals surface area (Å²) in [4.78, 5) is 15.4. The van der Waals surface area contributed by atoms with Crippen molar-refractivity contribution in [2.75, 3.05) is 11.4 Å². The van der Waals surface area contributed by atoms with Gasteiger partial charge in [-0.15, -0.1) is 0 Å². The van der Waals surface area contributed by atoms with E-state index in [0.717, 1.165) is 31.9 Å². The number of aromatic nitrogens is 5. The quantitative estimate of drug-likeness (QED) is 0.379. The number of nitrogens with one attached hydrogen (secondary N) is 1. The van der Waals surface area contributed by atoms with Crippen LogP contribution in [0.5, 0.6) is 0 Å². The molecule has 0 amide bonds. The van der Waals surface area contributed by atoms with Crippen LogP contribution >= 0.6 is 0 Å². The summed E-state index contributed by atoms with van der Waals surface area (Å²) in [5, 5.41) is 5.30. The Morgan fingerprint density at radius 1 is 1.14 bits per heavy atom. The van der Waals surface area contributed by atoms with Crippen LogP contribution in [-0.4, -0.2) is 31.3 Å². The number of allylic oxidation sites excluding steroid dienone is 2. The molecule has 2 aliphatic heterocycles. The highest BCUT2D eigenvalue weighted by atomic mass is 15.3. The zero-order valence-electron chi connectivity index (χ0n) is 22.3. The third kappa shape index (κ3) is 3.20. The van der Waals surface area contributed by atoms with Crippen molar-refractivity contribution < 1.29 is 0 Å². The molecule has 0 spiro atoms. The lowest BCUT2D eigenvalue weighted by atomic mass is 9.68. The predicted molar refractivity (Wildman–Crippen MR) is 147 cm³/mol. The summed E-state index contributed by atoms with van der Waals surface area (Å²) in [5.41, 5.74) is 13.0. The van der Waals surface area contributed by atoms with E-state index in [2.05, 4.69) is 85.7 Å². The smallest absolute Gasteiger partial charge is 0.225 e. The SMILES string of the molecule is CCc1cccc2c1-n1nc3c(c1C1C2=CC(C)(C)c2[nH]ccc21)CN(c1ncc(C(C)C)cn1)CC3. The second-order valence-electron chi connectivity index (χ2n) is 11.6. The second-order valence-corrected chi connectivity index (χ2v) is 11.6. The topological polar surface area (TPSA) is 62.6 Å². The number of hydrogen-bond acceptors (Lipinski definition) is 4. The lowest BCUT2D eigenvalue weighted by molar-refractivity contribution is 0.613. The first-order chi connectivity index (χ1) is 17.9. The summed E-state index contributed by atoms with van der Waals surface area (Å²) in [6.07, 6.45) is 10.4. The highest BCUT2D eigenvalue weighted by molar-refractivity contribution is 5.86. The van der Waals surface area contributed by atoms with Gasteiger partial charge in [-0.25, -0.2) is 14.6 Å². The molecule has 4 aromatic rings. The third-order valence-corrected chi connectivity index (χ3v) is 8.54. The highest BCUT2D eigenvalue weighted by Crippen LogP contribution is 2.54. The number of nitrogens with zero attached hydrogens (tertiary/aromatic N) is 5. The number of para-hydroxylation sites is 1. The Balaban J connectivity index is 1.42. The summed E-state index contributed by atoms with van der Waals surface area (Å²) >= 11 is 0. The number of anilines is 1. The van der Waals surface area contributed by atoms with Crippen LogP contribution in [0.3, 0.4) is 0 Å². The van der Waals surface area contributed by atoms with Crippen molar-refractivity contribution in [2.45, 2.75) is 71.3 Å². The average molecular weight is 491 g/mol. The molecule has 3 aromatic heterocycles. The standard InChI is InChI=1S/C31H34N6/c1-6-19-8-7-9-21-23-14-31(4,5)29-22(10-12-32-29)26(23)28-24-17-36(13-11-25(24)35-37(28)27(19)21)30-33-15-20(16-34-30)18(2)3/h7-10,12,14-16,18,26,32H,6,11,13,17H2,1-5H3. The Morgan fingerprint density at radius 3 is 2.70 bits per heavy atom. The van der Waals surface area contributed by atoms with Gasteiger partial charge >= 0.3 is 0 Å². The van der Waals surface area contributed by atoms with Gasteiger partial charge < -0.3 is 9.88 Å². The van der Waals surface area contributed by atoms with E-state index in [0.29, 0.717) is 5.92 Å². The molecule has 7 rings (SSSR count). The van der Waals surface area contributed by atoms with Crippen LogP contribution in [0.25, 0.3) is 11.3 Å². The number of H-pyrrole nitrogens is 1. The molecule has 1 unspecified atom stereocenters. The first kappa shape index (κ1) is 22.5. The van der Waals surface area contributed by atoms with Crippen molar-refractivity contribution in [1.29, 1.82) is 0 Å². The van der Waals surface area contributed by atoms with Crippen molar-refractivity contribution >= 4 is 11.5 Å². The molecule has 0 saturated carbocycles. The lowest BCUT2D eigenvalue weighted by Crippen LogP contribution is -2.33. The van der Waals surface area contributed by atoms with E-state index < -0.39 is 0 Å². The van der Waals surface area contributed by atoms with Gasteiger partial charge in [0.2, 0.25) is 5.95 Å². The normalized spacial score (nSPS) is 19.0. The van der Waals surface area contributed by atoms with Crippen LogP contribution in [0.15, 0.2) is 48.9 Å². The molecular weight excluding hydrogens is 456 g/mol. The Hall–Kier alpha value is -3.67. The van der Waals surface area contributed by atoms with Gasteiger partial charge in [-0.05, 0) is 40.7 Å². The lowest BCUT2D eigenvalue weighted by Gasteiger charge is -2.39.